The zero-order valence-corrected chi connectivity index (χ0v) is 15.3. The molecule has 0 amide bonds. The monoisotopic (exact) mass is 391 g/mol. The van der Waals surface area contributed by atoms with Gasteiger partial charge in [-0.05, 0) is 36.4 Å². The minimum absolute atomic E-state index is 0.0390. The molecule has 0 saturated heterocycles. The molecular weight excluding hydrogens is 374 g/mol. The third kappa shape index (κ3) is 3.86. The minimum atomic E-state index is -3.91. The summed E-state index contributed by atoms with van der Waals surface area (Å²) in [5.74, 6) is 1.07. The maximum Gasteiger partial charge on any atom is 0.326 e. The van der Waals surface area contributed by atoms with E-state index in [1.54, 1.807) is 18.2 Å². The van der Waals surface area contributed by atoms with Crippen LogP contribution >= 0.6 is 0 Å². The smallest absolute Gasteiger partial charge is 0.326 e. The number of hydrogen-bond acceptors (Lipinski definition) is 6. The molecule has 9 nitrogen and oxygen atoms in total. The van der Waals surface area contributed by atoms with Crippen LogP contribution in [0.4, 0.5) is 0 Å². The molecule has 0 atom stereocenters. The third-order valence-corrected chi connectivity index (χ3v) is 5.36. The minimum Gasteiger partial charge on any atom is -0.497 e. The highest BCUT2D eigenvalue weighted by Gasteiger charge is 2.17. The third-order valence-electron chi connectivity index (χ3n) is 3.96. The molecule has 0 saturated carbocycles. The van der Waals surface area contributed by atoms with Crippen molar-refractivity contribution >= 4 is 20.9 Å². The lowest BCUT2D eigenvalue weighted by Gasteiger charge is -2.12. The molecule has 0 aliphatic heterocycles. The Morgan fingerprint density at radius 2 is 1.78 bits per heavy atom. The second kappa shape index (κ2) is 7.25. The average molecular weight is 391 g/mol. The van der Waals surface area contributed by atoms with E-state index in [9.17, 15) is 18.0 Å². The van der Waals surface area contributed by atoms with Crippen molar-refractivity contribution in [2.45, 2.75) is 11.4 Å². The molecule has 0 radical (unpaired) electrons. The highest BCUT2D eigenvalue weighted by Crippen LogP contribution is 2.24. The van der Waals surface area contributed by atoms with Gasteiger partial charge in [0.15, 0.2) is 0 Å². The summed E-state index contributed by atoms with van der Waals surface area (Å²) in [5, 5.41) is 0.0661. The Balaban J connectivity index is 1.93. The maximum atomic E-state index is 12.6. The SMILES string of the molecule is COc1ccc(OC)c(CNS(=O)(=O)c2ccc3[nH]c(=O)[nH]c(=O)c3c2)c1. The number of aromatic amines is 2. The van der Waals surface area contributed by atoms with E-state index in [0.717, 1.165) is 0 Å². The molecule has 10 heteroatoms. The van der Waals surface area contributed by atoms with E-state index in [4.69, 9.17) is 9.47 Å². The summed E-state index contributed by atoms with van der Waals surface area (Å²) in [4.78, 5) is 27.6. The first-order valence-electron chi connectivity index (χ1n) is 7.81. The Kier molecular flexibility index (Phi) is 5.02. The predicted octanol–water partition coefficient (Wildman–Crippen LogP) is 0.712. The number of rotatable bonds is 6. The fourth-order valence-electron chi connectivity index (χ4n) is 2.59. The average Bonchev–Trinajstić information content (AvgIpc) is 2.65. The lowest BCUT2D eigenvalue weighted by atomic mass is 10.2. The molecule has 1 heterocycles. The van der Waals surface area contributed by atoms with Gasteiger partial charge >= 0.3 is 5.69 Å². The van der Waals surface area contributed by atoms with E-state index < -0.39 is 21.3 Å². The van der Waals surface area contributed by atoms with E-state index in [1.165, 1.54) is 32.4 Å². The first-order valence-corrected chi connectivity index (χ1v) is 9.29. The maximum absolute atomic E-state index is 12.6. The van der Waals surface area contributed by atoms with Gasteiger partial charge in [0.1, 0.15) is 11.5 Å². The number of hydrogen-bond donors (Lipinski definition) is 3. The molecule has 2 aromatic carbocycles. The topological polar surface area (TPSA) is 130 Å². The predicted molar refractivity (Wildman–Crippen MR) is 98.8 cm³/mol. The number of aromatic nitrogens is 2. The lowest BCUT2D eigenvalue weighted by molar-refractivity contribution is 0.398. The number of benzene rings is 2. The number of ether oxygens (including phenoxy) is 2. The van der Waals surface area contributed by atoms with Crippen LogP contribution in [0.1, 0.15) is 5.56 Å². The molecule has 0 aliphatic carbocycles. The molecule has 3 aromatic rings. The molecule has 3 N–H and O–H groups in total. The van der Waals surface area contributed by atoms with Crippen LogP contribution in [-0.2, 0) is 16.6 Å². The highest BCUT2D eigenvalue weighted by molar-refractivity contribution is 7.89. The summed E-state index contributed by atoms with van der Waals surface area (Å²) >= 11 is 0. The van der Waals surface area contributed by atoms with Gasteiger partial charge < -0.3 is 14.5 Å². The van der Waals surface area contributed by atoms with Gasteiger partial charge in [-0.3, -0.25) is 9.78 Å². The van der Waals surface area contributed by atoms with Gasteiger partial charge in [0, 0.05) is 12.1 Å². The second-order valence-electron chi connectivity index (χ2n) is 5.62. The van der Waals surface area contributed by atoms with Gasteiger partial charge in [-0.15, -0.1) is 0 Å². The van der Waals surface area contributed by atoms with Crippen molar-refractivity contribution in [3.63, 3.8) is 0 Å². The Morgan fingerprint density at radius 3 is 2.48 bits per heavy atom. The second-order valence-corrected chi connectivity index (χ2v) is 7.38. The molecule has 0 bridgehead atoms. The van der Waals surface area contributed by atoms with E-state index in [2.05, 4.69) is 14.7 Å². The molecule has 142 valence electrons. The van der Waals surface area contributed by atoms with Gasteiger partial charge in [-0.2, -0.15) is 0 Å². The molecule has 27 heavy (non-hydrogen) atoms. The molecule has 0 fully saturated rings. The molecule has 0 unspecified atom stereocenters. The molecule has 3 rings (SSSR count). The van der Waals surface area contributed by atoms with Gasteiger partial charge in [-0.1, -0.05) is 0 Å². The van der Waals surface area contributed by atoms with Crippen molar-refractivity contribution in [1.29, 1.82) is 0 Å². The Bertz CT molecular complexity index is 1210. The fourth-order valence-corrected chi connectivity index (χ4v) is 3.62. The van der Waals surface area contributed by atoms with Crippen LogP contribution in [-0.4, -0.2) is 32.6 Å². The van der Waals surface area contributed by atoms with Crippen LogP contribution < -0.4 is 25.4 Å². The van der Waals surface area contributed by atoms with Gasteiger partial charge in [0.25, 0.3) is 5.56 Å². The van der Waals surface area contributed by atoms with Crippen LogP contribution in [0, 0.1) is 0 Å². The summed E-state index contributed by atoms with van der Waals surface area (Å²) < 4.78 is 38.1. The van der Waals surface area contributed by atoms with Crippen LogP contribution in [0.15, 0.2) is 50.9 Å². The molecule has 0 spiro atoms. The lowest BCUT2D eigenvalue weighted by Crippen LogP contribution is -2.25. The van der Waals surface area contributed by atoms with Crippen molar-refractivity contribution in [3.8, 4) is 11.5 Å². The first kappa shape index (κ1) is 18.7. The number of sulfonamides is 1. The van der Waals surface area contributed by atoms with Gasteiger partial charge in [0.05, 0.1) is 30.0 Å². The first-order chi connectivity index (χ1) is 12.8. The Morgan fingerprint density at radius 1 is 1.00 bits per heavy atom. The van der Waals surface area contributed by atoms with E-state index in [1.807, 2.05) is 0 Å². The van der Waals surface area contributed by atoms with Crippen molar-refractivity contribution in [2.24, 2.45) is 0 Å². The highest BCUT2D eigenvalue weighted by atomic mass is 32.2. The molecule has 1 aromatic heterocycles. The number of fused-ring (bicyclic) bond motifs is 1. The van der Waals surface area contributed by atoms with Crippen molar-refractivity contribution in [2.75, 3.05) is 14.2 Å². The van der Waals surface area contributed by atoms with Gasteiger partial charge in [0.2, 0.25) is 10.0 Å². The normalized spacial score (nSPS) is 11.5. The standard InChI is InChI=1S/C17H17N3O6S/c1-25-11-3-6-15(26-2)10(7-11)9-18-27(23,24)12-4-5-14-13(8-12)16(21)20-17(22)19-14/h3-8,18H,9H2,1-2H3,(H2,19,20,21,22). The number of methoxy groups -OCH3 is 2. The molecule has 0 aliphatic rings. The van der Waals surface area contributed by atoms with Crippen molar-refractivity contribution in [3.05, 3.63) is 62.8 Å². The van der Waals surface area contributed by atoms with Crippen LogP contribution in [0.25, 0.3) is 10.9 Å². The van der Waals surface area contributed by atoms with E-state index in [-0.39, 0.29) is 22.3 Å². The fraction of sp³-hybridized carbons (Fsp3) is 0.176. The Hall–Kier alpha value is -3.11. The number of H-pyrrole nitrogens is 2. The summed E-state index contributed by atoms with van der Waals surface area (Å²) in [6.07, 6.45) is 0. The van der Waals surface area contributed by atoms with Crippen LogP contribution in [0.5, 0.6) is 11.5 Å². The van der Waals surface area contributed by atoms with Crippen LogP contribution in [0.2, 0.25) is 0 Å². The largest absolute Gasteiger partial charge is 0.497 e. The summed E-state index contributed by atoms with van der Waals surface area (Å²) in [7, 11) is -0.924. The zero-order valence-electron chi connectivity index (χ0n) is 14.5. The van der Waals surface area contributed by atoms with E-state index >= 15 is 0 Å². The van der Waals surface area contributed by atoms with Crippen molar-refractivity contribution in [1.82, 2.24) is 14.7 Å². The summed E-state index contributed by atoms with van der Waals surface area (Å²) in [6, 6.07) is 8.92. The number of nitrogens with one attached hydrogen (secondary N) is 3. The molecular formula is C17H17N3O6S. The van der Waals surface area contributed by atoms with Crippen molar-refractivity contribution < 1.29 is 17.9 Å². The summed E-state index contributed by atoms with van der Waals surface area (Å²) in [5.41, 5.74) is -0.493. The Labute approximate surface area is 154 Å². The zero-order chi connectivity index (χ0) is 19.6. The van der Waals surface area contributed by atoms with Gasteiger partial charge in [-0.25, -0.2) is 17.9 Å². The van der Waals surface area contributed by atoms with E-state index in [0.29, 0.717) is 17.1 Å². The quantitative estimate of drug-likeness (QED) is 0.567. The van der Waals surface area contributed by atoms with Crippen LogP contribution in [0.3, 0.4) is 0 Å². The summed E-state index contributed by atoms with van der Waals surface area (Å²) in [6.45, 7) is -0.0390.